The van der Waals surface area contributed by atoms with Crippen LogP contribution in [0.15, 0.2) is 48.5 Å². The number of carbonyl (C=O) groups excluding carboxylic acids is 2. The van der Waals surface area contributed by atoms with Gasteiger partial charge in [0, 0.05) is 38.3 Å². The van der Waals surface area contributed by atoms with Gasteiger partial charge in [0.15, 0.2) is 0 Å². The van der Waals surface area contributed by atoms with Gasteiger partial charge in [-0.1, -0.05) is 47.5 Å². The number of nitrogens with one attached hydrogen (secondary N) is 1. The van der Waals surface area contributed by atoms with Gasteiger partial charge in [0.1, 0.15) is 6.54 Å². The van der Waals surface area contributed by atoms with Crippen LogP contribution >= 0.6 is 0 Å². The van der Waals surface area contributed by atoms with Crippen LogP contribution in [0.4, 0.5) is 0 Å². The van der Waals surface area contributed by atoms with Gasteiger partial charge in [-0.05, 0) is 31.5 Å². The van der Waals surface area contributed by atoms with Crippen molar-refractivity contribution in [1.29, 1.82) is 0 Å². The van der Waals surface area contributed by atoms with Crippen LogP contribution < -0.4 is 5.32 Å². The van der Waals surface area contributed by atoms with Crippen LogP contribution in [0, 0.1) is 13.8 Å². The molecular weight excluding hydrogens is 338 g/mol. The topological polar surface area (TPSA) is 52.7 Å². The molecule has 27 heavy (non-hydrogen) atoms. The molecule has 1 heterocycles. The van der Waals surface area contributed by atoms with E-state index in [-0.39, 0.29) is 18.4 Å². The molecule has 1 aliphatic heterocycles. The number of nitrogens with zero attached hydrogens (tertiary/aromatic N) is 2. The van der Waals surface area contributed by atoms with Crippen LogP contribution in [0.5, 0.6) is 0 Å². The first-order valence-electron chi connectivity index (χ1n) is 9.43. The number of amides is 2. The second kappa shape index (κ2) is 8.82. The highest BCUT2D eigenvalue weighted by Gasteiger charge is 2.23. The quantitative estimate of drug-likeness (QED) is 0.885. The first kappa shape index (κ1) is 19.1. The van der Waals surface area contributed by atoms with Gasteiger partial charge in [0.25, 0.3) is 5.91 Å². The molecule has 0 bridgehead atoms. The van der Waals surface area contributed by atoms with Crippen LogP contribution in [-0.4, -0.2) is 54.3 Å². The Balaban J connectivity index is 1.78. The molecule has 142 valence electrons. The smallest absolute Gasteiger partial charge is 0.254 e. The predicted molar refractivity (Wildman–Crippen MR) is 107 cm³/mol. The largest absolute Gasteiger partial charge is 0.339 e. The SMILES string of the molecule is Cc1ccc(CN(CC(=O)N2CCNCC2)C(=O)c2ccc(C)cc2)cc1. The summed E-state index contributed by atoms with van der Waals surface area (Å²) in [6.45, 7) is 7.53. The Labute approximate surface area is 161 Å². The molecular formula is C22H27N3O2. The molecule has 0 aromatic heterocycles. The van der Waals surface area contributed by atoms with E-state index < -0.39 is 0 Å². The summed E-state index contributed by atoms with van der Waals surface area (Å²) in [4.78, 5) is 29.3. The van der Waals surface area contributed by atoms with Crippen molar-refractivity contribution >= 4 is 11.8 Å². The number of rotatable bonds is 5. The lowest BCUT2D eigenvalue weighted by Gasteiger charge is -2.30. The first-order valence-corrected chi connectivity index (χ1v) is 9.43. The molecule has 1 fully saturated rings. The zero-order chi connectivity index (χ0) is 19.2. The number of hydrogen-bond acceptors (Lipinski definition) is 3. The summed E-state index contributed by atoms with van der Waals surface area (Å²) in [6, 6.07) is 15.6. The summed E-state index contributed by atoms with van der Waals surface area (Å²) < 4.78 is 0. The van der Waals surface area contributed by atoms with Crippen molar-refractivity contribution in [3.63, 3.8) is 0 Å². The molecule has 1 N–H and O–H groups in total. The Morgan fingerprint density at radius 3 is 2.07 bits per heavy atom. The van der Waals surface area contributed by atoms with Gasteiger partial charge in [-0.3, -0.25) is 9.59 Å². The van der Waals surface area contributed by atoms with Crippen LogP contribution in [0.3, 0.4) is 0 Å². The maximum absolute atomic E-state index is 13.1. The summed E-state index contributed by atoms with van der Waals surface area (Å²) in [5.41, 5.74) is 3.91. The van der Waals surface area contributed by atoms with Crippen LogP contribution in [-0.2, 0) is 11.3 Å². The highest BCUT2D eigenvalue weighted by molar-refractivity contribution is 5.96. The fraction of sp³-hybridized carbons (Fsp3) is 0.364. The molecule has 5 nitrogen and oxygen atoms in total. The van der Waals surface area contributed by atoms with E-state index in [0.29, 0.717) is 25.2 Å². The highest BCUT2D eigenvalue weighted by atomic mass is 16.2. The fourth-order valence-corrected chi connectivity index (χ4v) is 3.17. The average Bonchev–Trinajstić information content (AvgIpc) is 2.70. The lowest BCUT2D eigenvalue weighted by atomic mass is 10.1. The van der Waals surface area contributed by atoms with Crippen molar-refractivity contribution in [2.75, 3.05) is 32.7 Å². The van der Waals surface area contributed by atoms with Gasteiger partial charge < -0.3 is 15.1 Å². The Kier molecular flexibility index (Phi) is 6.24. The standard InChI is InChI=1S/C22H27N3O2/c1-17-3-7-19(8-4-17)15-25(16-21(26)24-13-11-23-12-14-24)22(27)20-9-5-18(2)6-10-20/h3-10,23H,11-16H2,1-2H3. The number of piperazine rings is 1. The van der Waals surface area contributed by atoms with Gasteiger partial charge >= 0.3 is 0 Å². The Bertz CT molecular complexity index is 778. The van der Waals surface area contributed by atoms with Crippen molar-refractivity contribution in [2.45, 2.75) is 20.4 Å². The second-order valence-electron chi connectivity index (χ2n) is 7.14. The maximum atomic E-state index is 13.1. The van der Waals surface area contributed by atoms with Gasteiger partial charge in [-0.25, -0.2) is 0 Å². The van der Waals surface area contributed by atoms with Gasteiger partial charge in [-0.2, -0.15) is 0 Å². The number of benzene rings is 2. The second-order valence-corrected chi connectivity index (χ2v) is 7.14. The van der Waals surface area contributed by atoms with Gasteiger partial charge in [0.2, 0.25) is 5.91 Å². The van der Waals surface area contributed by atoms with E-state index in [1.807, 2.05) is 67.3 Å². The minimum atomic E-state index is -0.112. The van der Waals surface area contributed by atoms with Crippen LogP contribution in [0.25, 0.3) is 0 Å². The minimum absolute atomic E-state index is 0.00377. The molecule has 1 saturated heterocycles. The number of carbonyl (C=O) groups is 2. The molecule has 2 amide bonds. The molecule has 0 spiro atoms. The molecule has 5 heteroatoms. The lowest BCUT2D eigenvalue weighted by molar-refractivity contribution is -0.132. The van der Waals surface area contributed by atoms with Crippen molar-refractivity contribution in [2.24, 2.45) is 0 Å². The lowest BCUT2D eigenvalue weighted by Crippen LogP contribution is -2.50. The molecule has 2 aromatic carbocycles. The number of aryl methyl sites for hydroxylation is 2. The predicted octanol–water partition coefficient (Wildman–Crippen LogP) is 2.38. The maximum Gasteiger partial charge on any atom is 0.254 e. The summed E-state index contributed by atoms with van der Waals surface area (Å²) in [7, 11) is 0. The van der Waals surface area contributed by atoms with E-state index in [1.54, 1.807) is 4.90 Å². The molecule has 1 aliphatic rings. The zero-order valence-corrected chi connectivity index (χ0v) is 16.1. The molecule has 0 unspecified atom stereocenters. The average molecular weight is 365 g/mol. The van der Waals surface area contributed by atoms with Crippen LogP contribution in [0.2, 0.25) is 0 Å². The molecule has 0 saturated carbocycles. The molecule has 0 radical (unpaired) electrons. The summed E-state index contributed by atoms with van der Waals surface area (Å²) in [5, 5.41) is 3.25. The monoisotopic (exact) mass is 365 g/mol. The minimum Gasteiger partial charge on any atom is -0.339 e. The van der Waals surface area contributed by atoms with Crippen LogP contribution in [0.1, 0.15) is 27.0 Å². The first-order chi connectivity index (χ1) is 13.0. The summed E-state index contributed by atoms with van der Waals surface area (Å²) in [6.07, 6.45) is 0. The fourth-order valence-electron chi connectivity index (χ4n) is 3.17. The van der Waals surface area contributed by atoms with E-state index in [4.69, 9.17) is 0 Å². The van der Waals surface area contributed by atoms with Crippen molar-refractivity contribution < 1.29 is 9.59 Å². The van der Waals surface area contributed by atoms with Crippen molar-refractivity contribution in [3.05, 3.63) is 70.8 Å². The molecule has 2 aromatic rings. The third-order valence-corrected chi connectivity index (χ3v) is 4.88. The van der Waals surface area contributed by atoms with Gasteiger partial charge in [0.05, 0.1) is 0 Å². The Morgan fingerprint density at radius 2 is 1.48 bits per heavy atom. The van der Waals surface area contributed by atoms with E-state index in [9.17, 15) is 9.59 Å². The Morgan fingerprint density at radius 1 is 0.926 bits per heavy atom. The van der Waals surface area contributed by atoms with E-state index >= 15 is 0 Å². The molecule has 0 aliphatic carbocycles. The third kappa shape index (κ3) is 5.17. The number of hydrogen-bond donors (Lipinski definition) is 1. The van der Waals surface area contributed by atoms with Crippen molar-refractivity contribution in [1.82, 2.24) is 15.1 Å². The molecule has 0 atom stereocenters. The zero-order valence-electron chi connectivity index (χ0n) is 16.1. The third-order valence-electron chi connectivity index (χ3n) is 4.88. The van der Waals surface area contributed by atoms with E-state index in [1.165, 1.54) is 5.56 Å². The van der Waals surface area contributed by atoms with E-state index in [2.05, 4.69) is 5.32 Å². The van der Waals surface area contributed by atoms with Crippen molar-refractivity contribution in [3.8, 4) is 0 Å². The summed E-state index contributed by atoms with van der Waals surface area (Å²) in [5.74, 6) is -0.108. The normalized spacial score (nSPS) is 14.1. The molecule has 3 rings (SSSR count). The Hall–Kier alpha value is -2.66. The van der Waals surface area contributed by atoms with E-state index in [0.717, 1.165) is 24.2 Å². The van der Waals surface area contributed by atoms with Gasteiger partial charge in [-0.15, -0.1) is 0 Å². The highest BCUT2D eigenvalue weighted by Crippen LogP contribution is 2.13. The summed E-state index contributed by atoms with van der Waals surface area (Å²) >= 11 is 0.